The molecule has 0 saturated carbocycles. The Kier molecular flexibility index (Phi) is 10.00. The number of hydrogen-bond donors (Lipinski definition) is 1. The van der Waals surface area contributed by atoms with Gasteiger partial charge in [-0.25, -0.2) is 0 Å². The number of unbranched alkanes of at least 4 members (excludes halogenated alkanes) is 3. The summed E-state index contributed by atoms with van der Waals surface area (Å²) in [6, 6.07) is 8.23. The number of amides is 1. The van der Waals surface area contributed by atoms with Crippen LogP contribution in [0.15, 0.2) is 36.4 Å². The molecule has 2 atom stereocenters. The zero-order chi connectivity index (χ0) is 19.5. The van der Waals surface area contributed by atoms with Crippen molar-refractivity contribution in [1.29, 1.82) is 0 Å². The summed E-state index contributed by atoms with van der Waals surface area (Å²) in [5.41, 5.74) is 1.92. The molecule has 1 aliphatic rings. The smallest absolute Gasteiger partial charge is 0.227 e. The Labute approximate surface area is 169 Å². The second kappa shape index (κ2) is 12.2. The number of benzene rings is 1. The van der Waals surface area contributed by atoms with Crippen LogP contribution in [0.2, 0.25) is 0 Å². The zero-order valence-electron chi connectivity index (χ0n) is 16.9. The van der Waals surface area contributed by atoms with Crippen molar-refractivity contribution >= 4 is 23.4 Å². The first kappa shape index (κ1) is 22.0. The topological polar surface area (TPSA) is 40.5 Å². The summed E-state index contributed by atoms with van der Waals surface area (Å²) in [6.07, 6.45) is 15.2. The molecular formula is C23H35NO2S. The molecule has 1 amide bonds. The maximum Gasteiger partial charge on any atom is 0.227 e. The van der Waals surface area contributed by atoms with E-state index in [0.717, 1.165) is 49.1 Å². The fourth-order valence-corrected chi connectivity index (χ4v) is 4.05. The van der Waals surface area contributed by atoms with E-state index in [4.69, 9.17) is 0 Å². The Morgan fingerprint density at radius 2 is 2.00 bits per heavy atom. The van der Waals surface area contributed by atoms with Crippen LogP contribution in [0.5, 0.6) is 0 Å². The van der Waals surface area contributed by atoms with E-state index < -0.39 is 6.10 Å². The number of anilines is 1. The van der Waals surface area contributed by atoms with Gasteiger partial charge in [0, 0.05) is 23.9 Å². The van der Waals surface area contributed by atoms with Gasteiger partial charge in [0.25, 0.3) is 0 Å². The molecule has 1 aromatic rings. The van der Waals surface area contributed by atoms with Crippen molar-refractivity contribution in [3.63, 3.8) is 0 Å². The van der Waals surface area contributed by atoms with Crippen molar-refractivity contribution in [2.45, 2.75) is 76.9 Å². The van der Waals surface area contributed by atoms with Gasteiger partial charge in [-0.15, -0.1) is 0 Å². The zero-order valence-corrected chi connectivity index (χ0v) is 17.7. The minimum atomic E-state index is -0.404. The van der Waals surface area contributed by atoms with Crippen molar-refractivity contribution in [2.75, 3.05) is 16.9 Å². The summed E-state index contributed by atoms with van der Waals surface area (Å²) >= 11 is 1.81. The van der Waals surface area contributed by atoms with Gasteiger partial charge in [0.1, 0.15) is 0 Å². The van der Waals surface area contributed by atoms with E-state index in [0.29, 0.717) is 6.42 Å². The van der Waals surface area contributed by atoms with Gasteiger partial charge in [-0.05, 0) is 49.6 Å². The van der Waals surface area contributed by atoms with Crippen LogP contribution >= 0.6 is 11.8 Å². The molecule has 0 bridgehead atoms. The third-order valence-electron chi connectivity index (χ3n) is 5.29. The number of hydrogen-bond acceptors (Lipinski definition) is 3. The monoisotopic (exact) mass is 389 g/mol. The van der Waals surface area contributed by atoms with Crippen molar-refractivity contribution < 1.29 is 9.90 Å². The van der Waals surface area contributed by atoms with Gasteiger partial charge in [0.2, 0.25) is 5.91 Å². The van der Waals surface area contributed by atoms with E-state index in [1.807, 2.05) is 40.9 Å². The van der Waals surface area contributed by atoms with Crippen LogP contribution in [0.25, 0.3) is 0 Å². The lowest BCUT2D eigenvalue weighted by Gasteiger charge is -2.35. The maximum absolute atomic E-state index is 12.6. The molecule has 0 aromatic heterocycles. The first-order valence-electron chi connectivity index (χ1n) is 10.4. The molecule has 0 spiro atoms. The maximum atomic E-state index is 12.6. The van der Waals surface area contributed by atoms with Gasteiger partial charge < -0.3 is 10.0 Å². The fraction of sp³-hybridized carbons (Fsp3) is 0.609. The van der Waals surface area contributed by atoms with E-state index in [9.17, 15) is 9.90 Å². The third-order valence-corrected chi connectivity index (χ3v) is 5.81. The number of nitrogens with zero attached hydrogens (tertiary/aromatic N) is 1. The molecule has 0 aliphatic carbocycles. The Morgan fingerprint density at radius 3 is 2.70 bits per heavy atom. The van der Waals surface area contributed by atoms with E-state index in [1.165, 1.54) is 19.3 Å². The van der Waals surface area contributed by atoms with Gasteiger partial charge >= 0.3 is 0 Å². The molecule has 1 saturated heterocycles. The number of rotatable bonds is 11. The number of aliphatic hydroxyl groups excluding tert-OH is 1. The molecule has 4 heteroatoms. The SMILES string of the molecule is CCCCCCC(O)c1ccc(N2C(=O)CCCC2C/C=C\CSC)cc1. The van der Waals surface area contributed by atoms with Gasteiger partial charge in [-0.2, -0.15) is 11.8 Å². The predicted octanol–water partition coefficient (Wildman–Crippen LogP) is 5.89. The van der Waals surface area contributed by atoms with Crippen molar-refractivity contribution in [1.82, 2.24) is 0 Å². The number of aliphatic hydroxyl groups is 1. The van der Waals surface area contributed by atoms with Crippen LogP contribution in [0.3, 0.4) is 0 Å². The number of carbonyl (C=O) groups excluding carboxylic acids is 1. The highest BCUT2D eigenvalue weighted by molar-refractivity contribution is 7.98. The quantitative estimate of drug-likeness (QED) is 0.379. The van der Waals surface area contributed by atoms with E-state index in [1.54, 1.807) is 0 Å². The average Bonchev–Trinajstić information content (AvgIpc) is 2.69. The lowest BCUT2D eigenvalue weighted by atomic mass is 9.96. The Hall–Kier alpha value is -1.26. The van der Waals surface area contributed by atoms with Crippen molar-refractivity contribution in [3.8, 4) is 0 Å². The molecule has 27 heavy (non-hydrogen) atoms. The van der Waals surface area contributed by atoms with Crippen LogP contribution in [0.1, 0.15) is 76.4 Å². The van der Waals surface area contributed by atoms with Gasteiger partial charge in [-0.3, -0.25) is 4.79 Å². The van der Waals surface area contributed by atoms with Gasteiger partial charge in [0.05, 0.1) is 6.10 Å². The van der Waals surface area contributed by atoms with Crippen LogP contribution in [0, 0.1) is 0 Å². The first-order valence-corrected chi connectivity index (χ1v) is 11.8. The molecule has 2 rings (SSSR count). The van der Waals surface area contributed by atoms with Crippen molar-refractivity contribution in [3.05, 3.63) is 42.0 Å². The summed E-state index contributed by atoms with van der Waals surface area (Å²) < 4.78 is 0. The highest BCUT2D eigenvalue weighted by atomic mass is 32.2. The molecule has 0 radical (unpaired) electrons. The van der Waals surface area contributed by atoms with E-state index >= 15 is 0 Å². The summed E-state index contributed by atoms with van der Waals surface area (Å²) in [6.45, 7) is 2.20. The summed E-state index contributed by atoms with van der Waals surface area (Å²) in [5, 5.41) is 10.4. The molecule has 1 aromatic carbocycles. The first-order chi connectivity index (χ1) is 13.2. The van der Waals surface area contributed by atoms with E-state index in [-0.39, 0.29) is 11.9 Å². The number of carbonyl (C=O) groups is 1. The van der Waals surface area contributed by atoms with Crippen LogP contribution < -0.4 is 4.90 Å². The molecule has 2 unspecified atom stereocenters. The number of thioether (sulfide) groups is 1. The van der Waals surface area contributed by atoms with Crippen LogP contribution in [-0.2, 0) is 4.79 Å². The Morgan fingerprint density at radius 1 is 1.22 bits per heavy atom. The predicted molar refractivity (Wildman–Crippen MR) is 117 cm³/mol. The molecule has 1 N–H and O–H groups in total. The lowest BCUT2D eigenvalue weighted by Crippen LogP contribution is -2.43. The molecular weight excluding hydrogens is 354 g/mol. The summed E-state index contributed by atoms with van der Waals surface area (Å²) in [5.74, 6) is 1.24. The minimum absolute atomic E-state index is 0.220. The van der Waals surface area contributed by atoms with E-state index in [2.05, 4.69) is 25.3 Å². The highest BCUT2D eigenvalue weighted by Crippen LogP contribution is 2.29. The lowest BCUT2D eigenvalue weighted by molar-refractivity contribution is -0.120. The van der Waals surface area contributed by atoms with Gasteiger partial charge in [-0.1, -0.05) is 56.9 Å². The molecule has 150 valence electrons. The minimum Gasteiger partial charge on any atom is -0.388 e. The second-order valence-electron chi connectivity index (χ2n) is 7.43. The summed E-state index contributed by atoms with van der Waals surface area (Å²) in [4.78, 5) is 14.5. The Bertz CT molecular complexity index is 585. The fourth-order valence-electron chi connectivity index (χ4n) is 3.73. The van der Waals surface area contributed by atoms with Crippen LogP contribution in [0.4, 0.5) is 5.69 Å². The molecule has 3 nitrogen and oxygen atoms in total. The normalized spacial score (nSPS) is 19.0. The number of piperidine rings is 1. The second-order valence-corrected chi connectivity index (χ2v) is 8.34. The average molecular weight is 390 g/mol. The molecule has 1 aliphatic heterocycles. The van der Waals surface area contributed by atoms with Crippen molar-refractivity contribution in [2.24, 2.45) is 0 Å². The third kappa shape index (κ3) is 7.00. The standard InChI is InChI=1S/C23H35NO2S/c1-3-4-5-6-12-22(25)19-14-16-21(17-15-19)24-20(10-7-8-18-27-2)11-9-13-23(24)26/h7-8,14-17,20,22,25H,3-6,9-13,18H2,1-2H3/b8-7-. The Balaban J connectivity index is 2.00. The molecule has 1 fully saturated rings. The van der Waals surface area contributed by atoms with Crippen LogP contribution in [-0.4, -0.2) is 29.1 Å². The van der Waals surface area contributed by atoms with Gasteiger partial charge in [0.15, 0.2) is 0 Å². The summed E-state index contributed by atoms with van der Waals surface area (Å²) in [7, 11) is 0. The molecule has 1 heterocycles. The largest absolute Gasteiger partial charge is 0.388 e. The highest BCUT2D eigenvalue weighted by Gasteiger charge is 2.28.